The smallest absolute Gasteiger partial charge is 0.308 e. The van der Waals surface area contributed by atoms with Gasteiger partial charge in [0.25, 0.3) is 5.91 Å². The molecule has 2 amide bonds. The van der Waals surface area contributed by atoms with Crippen molar-refractivity contribution < 1.29 is 23.9 Å². The topological polar surface area (TPSA) is 80.8 Å². The third-order valence-electron chi connectivity index (χ3n) is 4.21. The minimum Gasteiger partial charge on any atom is -0.457 e. The highest BCUT2D eigenvalue weighted by Gasteiger charge is 2.30. The second-order valence-corrected chi connectivity index (χ2v) is 6.46. The van der Waals surface area contributed by atoms with Crippen molar-refractivity contribution in [2.75, 3.05) is 13.2 Å². The summed E-state index contributed by atoms with van der Waals surface area (Å²) in [5.74, 6) is -1.80. The average Bonchev–Trinajstić information content (AvgIpc) is 2.66. The van der Waals surface area contributed by atoms with Crippen LogP contribution >= 0.6 is 11.6 Å². The Morgan fingerprint density at radius 3 is 2.48 bits per heavy atom. The molecule has 0 saturated carbocycles. The summed E-state index contributed by atoms with van der Waals surface area (Å²) in [6.45, 7) is -0.495. The molecule has 27 heavy (non-hydrogen) atoms. The van der Waals surface area contributed by atoms with Crippen LogP contribution in [0.1, 0.15) is 32.7 Å². The van der Waals surface area contributed by atoms with E-state index in [2.05, 4.69) is 0 Å². The molecule has 0 radical (unpaired) electrons. The summed E-state index contributed by atoms with van der Waals surface area (Å²) in [7, 11) is 0. The number of imide groups is 1. The van der Waals surface area contributed by atoms with E-state index >= 15 is 0 Å². The molecule has 0 aliphatic carbocycles. The summed E-state index contributed by atoms with van der Waals surface area (Å²) < 4.78 is 4.95. The molecule has 0 atom stereocenters. The van der Waals surface area contributed by atoms with Gasteiger partial charge < -0.3 is 4.74 Å². The number of carbonyl (C=O) groups excluding carboxylic acids is 4. The number of halogens is 1. The van der Waals surface area contributed by atoms with Gasteiger partial charge in [0.2, 0.25) is 5.91 Å². The van der Waals surface area contributed by atoms with Gasteiger partial charge in [0.05, 0.1) is 12.8 Å². The first kappa shape index (κ1) is 18.8. The molecule has 138 valence electrons. The first-order chi connectivity index (χ1) is 13.0. The Hall–Kier alpha value is -2.99. The van der Waals surface area contributed by atoms with Crippen LogP contribution in [-0.2, 0) is 20.7 Å². The van der Waals surface area contributed by atoms with Gasteiger partial charge in [-0.3, -0.25) is 24.1 Å². The van der Waals surface area contributed by atoms with E-state index in [1.54, 1.807) is 48.5 Å². The van der Waals surface area contributed by atoms with Crippen molar-refractivity contribution in [1.29, 1.82) is 0 Å². The third kappa shape index (κ3) is 4.41. The maximum absolute atomic E-state index is 12.4. The van der Waals surface area contributed by atoms with Gasteiger partial charge in [0, 0.05) is 22.7 Å². The number of ketones is 1. The van der Waals surface area contributed by atoms with E-state index in [0.717, 1.165) is 4.90 Å². The highest BCUT2D eigenvalue weighted by molar-refractivity contribution is 6.30. The molecular weight excluding hydrogens is 370 g/mol. The molecule has 1 aliphatic heterocycles. The van der Waals surface area contributed by atoms with E-state index in [4.69, 9.17) is 16.3 Å². The number of Topliss-reactive ketones (excluding diaryl/α,β-unsaturated/α-hetero) is 1. The molecule has 0 fully saturated rings. The number of esters is 1. The highest BCUT2D eigenvalue weighted by Crippen LogP contribution is 2.19. The number of fused-ring (bicyclic) bond motifs is 1. The monoisotopic (exact) mass is 385 g/mol. The summed E-state index contributed by atoms with van der Waals surface area (Å²) in [4.78, 5) is 49.5. The lowest BCUT2D eigenvalue weighted by Crippen LogP contribution is -2.43. The molecule has 0 saturated heterocycles. The Labute approximate surface area is 160 Å². The van der Waals surface area contributed by atoms with Crippen LogP contribution in [0.4, 0.5) is 0 Å². The first-order valence-electron chi connectivity index (χ1n) is 8.32. The molecule has 0 N–H and O–H groups in total. The molecule has 1 heterocycles. The molecule has 0 bridgehead atoms. The normalized spacial score (nSPS) is 13.3. The second-order valence-electron chi connectivity index (χ2n) is 6.03. The maximum atomic E-state index is 12.4. The predicted molar refractivity (Wildman–Crippen MR) is 97.5 cm³/mol. The van der Waals surface area contributed by atoms with Crippen molar-refractivity contribution in [2.24, 2.45) is 0 Å². The van der Waals surface area contributed by atoms with Gasteiger partial charge in [-0.2, -0.15) is 0 Å². The minimum atomic E-state index is -0.656. The lowest BCUT2D eigenvalue weighted by Gasteiger charge is -2.26. The van der Waals surface area contributed by atoms with E-state index in [1.165, 1.54) is 0 Å². The van der Waals surface area contributed by atoms with Gasteiger partial charge >= 0.3 is 5.97 Å². The number of nitrogens with zero attached hydrogens (tertiary/aromatic N) is 1. The molecule has 6 nitrogen and oxygen atoms in total. The number of hydrogen-bond acceptors (Lipinski definition) is 5. The van der Waals surface area contributed by atoms with E-state index in [1.807, 2.05) is 0 Å². The molecule has 3 rings (SSSR count). The van der Waals surface area contributed by atoms with E-state index < -0.39 is 18.5 Å². The van der Waals surface area contributed by atoms with Crippen molar-refractivity contribution in [3.8, 4) is 0 Å². The van der Waals surface area contributed by atoms with Gasteiger partial charge in [-0.05, 0) is 35.9 Å². The summed E-state index contributed by atoms with van der Waals surface area (Å²) in [5.41, 5.74) is 1.52. The average molecular weight is 386 g/mol. The Morgan fingerprint density at radius 1 is 1.04 bits per heavy atom. The predicted octanol–water partition coefficient (Wildman–Crippen LogP) is 2.68. The molecule has 1 aliphatic rings. The Kier molecular flexibility index (Phi) is 5.66. The van der Waals surface area contributed by atoms with Crippen molar-refractivity contribution in [2.45, 2.75) is 12.8 Å². The standard InChI is InChI=1S/C20H16ClNO5/c21-15-7-5-13(6-8-15)17(23)12-27-19(25)9-10-22-18(24)11-14-3-1-2-4-16(14)20(22)26/h1-8H,9-12H2. The van der Waals surface area contributed by atoms with Gasteiger partial charge in [-0.25, -0.2) is 0 Å². The highest BCUT2D eigenvalue weighted by atomic mass is 35.5. The van der Waals surface area contributed by atoms with E-state index in [-0.39, 0.29) is 31.1 Å². The van der Waals surface area contributed by atoms with Crippen LogP contribution in [0.25, 0.3) is 0 Å². The molecule has 7 heteroatoms. The zero-order valence-corrected chi connectivity index (χ0v) is 15.1. The maximum Gasteiger partial charge on any atom is 0.308 e. The zero-order valence-electron chi connectivity index (χ0n) is 14.3. The lowest BCUT2D eigenvalue weighted by atomic mass is 9.98. The number of carbonyl (C=O) groups is 4. The molecular formula is C20H16ClNO5. The van der Waals surface area contributed by atoms with Crippen LogP contribution in [0.3, 0.4) is 0 Å². The lowest BCUT2D eigenvalue weighted by molar-refractivity contribution is -0.143. The van der Waals surface area contributed by atoms with Gasteiger partial charge in [-0.15, -0.1) is 0 Å². The fraction of sp³-hybridized carbons (Fsp3) is 0.200. The van der Waals surface area contributed by atoms with Crippen LogP contribution in [0.15, 0.2) is 48.5 Å². The SMILES string of the molecule is O=C(CCN1C(=O)Cc2ccccc2C1=O)OCC(=O)c1ccc(Cl)cc1. The number of rotatable bonds is 6. The molecule has 2 aromatic carbocycles. The van der Waals surface area contributed by atoms with Crippen LogP contribution < -0.4 is 0 Å². The first-order valence-corrected chi connectivity index (χ1v) is 8.70. The Morgan fingerprint density at radius 2 is 1.74 bits per heavy atom. The van der Waals surface area contributed by atoms with E-state index in [0.29, 0.717) is 21.7 Å². The van der Waals surface area contributed by atoms with Gasteiger partial charge in [0.1, 0.15) is 0 Å². The Balaban J connectivity index is 1.52. The molecule has 0 unspecified atom stereocenters. The number of ether oxygens (including phenoxy) is 1. The van der Waals surface area contributed by atoms with E-state index in [9.17, 15) is 19.2 Å². The number of benzene rings is 2. The fourth-order valence-corrected chi connectivity index (χ4v) is 2.89. The van der Waals surface area contributed by atoms with Crippen LogP contribution in [0.2, 0.25) is 5.02 Å². The largest absolute Gasteiger partial charge is 0.457 e. The minimum absolute atomic E-state index is 0.0834. The van der Waals surface area contributed by atoms with Crippen molar-refractivity contribution in [1.82, 2.24) is 4.90 Å². The van der Waals surface area contributed by atoms with Gasteiger partial charge in [-0.1, -0.05) is 29.8 Å². The zero-order chi connectivity index (χ0) is 19.4. The Bertz CT molecular complexity index is 907. The summed E-state index contributed by atoms with van der Waals surface area (Å²) in [5, 5.41) is 0.501. The second kappa shape index (κ2) is 8.14. The summed E-state index contributed by atoms with van der Waals surface area (Å²) in [6, 6.07) is 13.1. The van der Waals surface area contributed by atoms with Crippen molar-refractivity contribution in [3.63, 3.8) is 0 Å². The fourth-order valence-electron chi connectivity index (χ4n) is 2.77. The number of amides is 2. The third-order valence-corrected chi connectivity index (χ3v) is 4.46. The van der Waals surface area contributed by atoms with Crippen LogP contribution in [-0.4, -0.2) is 41.6 Å². The van der Waals surface area contributed by atoms with Crippen molar-refractivity contribution in [3.05, 3.63) is 70.2 Å². The van der Waals surface area contributed by atoms with Crippen molar-refractivity contribution >= 4 is 35.2 Å². The summed E-state index contributed by atoms with van der Waals surface area (Å²) in [6.07, 6.45) is -0.0560. The van der Waals surface area contributed by atoms with Crippen LogP contribution in [0.5, 0.6) is 0 Å². The van der Waals surface area contributed by atoms with Crippen LogP contribution in [0, 0.1) is 0 Å². The summed E-state index contributed by atoms with van der Waals surface area (Å²) >= 11 is 5.76. The quantitative estimate of drug-likeness (QED) is 0.434. The molecule has 0 spiro atoms. The number of hydrogen-bond donors (Lipinski definition) is 0. The molecule has 2 aromatic rings. The van der Waals surface area contributed by atoms with Gasteiger partial charge in [0.15, 0.2) is 12.4 Å². The molecule has 0 aromatic heterocycles.